The average molecular weight is 649 g/mol. The van der Waals surface area contributed by atoms with Crippen molar-refractivity contribution in [3.05, 3.63) is 0 Å². The van der Waals surface area contributed by atoms with E-state index in [4.69, 9.17) is 14.2 Å². The van der Waals surface area contributed by atoms with Crippen LogP contribution in [0, 0.1) is 5.92 Å². The van der Waals surface area contributed by atoms with Crippen molar-refractivity contribution in [2.45, 2.75) is 159 Å². The van der Waals surface area contributed by atoms with E-state index in [1.165, 1.54) is 6.42 Å². The van der Waals surface area contributed by atoms with Crippen molar-refractivity contribution in [1.82, 2.24) is 10.2 Å². The van der Waals surface area contributed by atoms with E-state index < -0.39 is 61.2 Å². The topological polar surface area (TPSA) is 198 Å². The van der Waals surface area contributed by atoms with E-state index in [2.05, 4.69) is 5.32 Å². The van der Waals surface area contributed by atoms with Gasteiger partial charge in [0.25, 0.3) is 0 Å². The second-order valence-electron chi connectivity index (χ2n) is 13.6. The van der Waals surface area contributed by atoms with E-state index in [0.717, 1.165) is 64.5 Å². The number of amides is 2. The van der Waals surface area contributed by atoms with Gasteiger partial charge in [0.15, 0.2) is 6.29 Å². The molecule has 0 bridgehead atoms. The molecule has 6 unspecified atom stereocenters. The second-order valence-corrected chi connectivity index (χ2v) is 13.6. The molecule has 0 radical (unpaired) electrons. The number of unbranched alkanes of at least 4 members (excludes halogenated alkanes) is 7. The fourth-order valence-corrected chi connectivity index (χ4v) is 5.76. The molecular formula is C32H60N2O11. The second kappa shape index (κ2) is 19.9. The standard InChI is InChI=1S/C32H60N2O11/c1-5-23(36)26(38)22(20-43-30-29(41)28(40)27(39)24(19-35)44-30)33-25(37)15-13-11-9-7-6-8-10-12-14-21-16-17-34(18-21)31(42)45-32(2,3)4/h21-24,26-30,35-36,38-41H,5-20H2,1-4H3,(H,33,37)/t21?,22-,23+,24?,26-,27?,28?,29?,30?/m0/s1. The van der Waals surface area contributed by atoms with E-state index in [1.807, 2.05) is 25.7 Å². The molecule has 2 rings (SSSR count). The van der Waals surface area contributed by atoms with Crippen LogP contribution in [-0.4, -0.2) is 128 Å². The number of hydrogen-bond donors (Lipinski definition) is 7. The number of nitrogens with zero attached hydrogens (tertiary/aromatic N) is 1. The molecule has 0 aliphatic carbocycles. The van der Waals surface area contributed by atoms with Gasteiger partial charge in [0, 0.05) is 19.5 Å². The van der Waals surface area contributed by atoms with Crippen LogP contribution in [-0.2, 0) is 19.0 Å². The Hall–Kier alpha value is -1.58. The Kier molecular flexibility index (Phi) is 17.5. The SMILES string of the molecule is CC[C@@H](O)[C@@H](O)[C@H](COC1OC(CO)C(O)C(O)C1O)NC(=O)CCCCCCCCCCC1CCN(C(=O)OC(C)(C)C)C1. The van der Waals surface area contributed by atoms with Gasteiger partial charge in [0.05, 0.1) is 25.4 Å². The van der Waals surface area contributed by atoms with Gasteiger partial charge in [-0.3, -0.25) is 4.79 Å². The van der Waals surface area contributed by atoms with Crippen LogP contribution in [0.3, 0.4) is 0 Å². The van der Waals surface area contributed by atoms with Crippen molar-refractivity contribution in [1.29, 1.82) is 0 Å². The van der Waals surface area contributed by atoms with E-state index in [9.17, 15) is 40.2 Å². The predicted octanol–water partition coefficient (Wildman–Crippen LogP) is 1.58. The number of nitrogens with one attached hydrogen (secondary N) is 1. The normalized spacial score (nSPS) is 27.6. The number of aliphatic hydroxyl groups excluding tert-OH is 6. The number of aliphatic hydroxyl groups is 6. The highest BCUT2D eigenvalue weighted by molar-refractivity contribution is 5.76. The molecule has 2 saturated heterocycles. The lowest BCUT2D eigenvalue weighted by Crippen LogP contribution is -2.60. The number of ether oxygens (including phenoxy) is 3. The minimum absolute atomic E-state index is 0.212. The molecule has 7 N–H and O–H groups in total. The Balaban J connectivity index is 1.60. The molecule has 13 nitrogen and oxygen atoms in total. The summed E-state index contributed by atoms with van der Waals surface area (Å²) >= 11 is 0. The lowest BCUT2D eigenvalue weighted by molar-refractivity contribution is -0.303. The third kappa shape index (κ3) is 14.0. The van der Waals surface area contributed by atoms with Crippen molar-refractivity contribution < 1.29 is 54.4 Å². The van der Waals surface area contributed by atoms with E-state index in [1.54, 1.807) is 6.92 Å². The summed E-state index contributed by atoms with van der Waals surface area (Å²) < 4.78 is 16.3. The van der Waals surface area contributed by atoms with Crippen molar-refractivity contribution in [3.8, 4) is 0 Å². The zero-order chi connectivity index (χ0) is 33.6. The summed E-state index contributed by atoms with van der Waals surface area (Å²) in [6.07, 6.45) is 0.946. The summed E-state index contributed by atoms with van der Waals surface area (Å²) in [5.74, 6) is 0.241. The van der Waals surface area contributed by atoms with Crippen LogP contribution in [0.25, 0.3) is 0 Å². The van der Waals surface area contributed by atoms with Crippen molar-refractivity contribution in [3.63, 3.8) is 0 Å². The summed E-state index contributed by atoms with van der Waals surface area (Å²) in [6.45, 7) is 7.95. The first-order valence-electron chi connectivity index (χ1n) is 16.8. The van der Waals surface area contributed by atoms with Gasteiger partial charge in [-0.1, -0.05) is 51.9 Å². The van der Waals surface area contributed by atoms with E-state index >= 15 is 0 Å². The Morgan fingerprint density at radius 3 is 2.18 bits per heavy atom. The predicted molar refractivity (Wildman–Crippen MR) is 166 cm³/mol. The first-order valence-corrected chi connectivity index (χ1v) is 16.8. The van der Waals surface area contributed by atoms with Gasteiger partial charge in [-0.05, 0) is 52.4 Å². The smallest absolute Gasteiger partial charge is 0.410 e. The average Bonchev–Trinajstić information content (AvgIpc) is 3.47. The largest absolute Gasteiger partial charge is 0.444 e. The first-order chi connectivity index (χ1) is 21.3. The minimum atomic E-state index is -1.62. The molecule has 0 spiro atoms. The quantitative estimate of drug-likeness (QED) is 0.100. The number of carbonyl (C=O) groups is 2. The summed E-state index contributed by atoms with van der Waals surface area (Å²) in [6, 6.07) is -1.01. The lowest BCUT2D eigenvalue weighted by Gasteiger charge is -2.40. The summed E-state index contributed by atoms with van der Waals surface area (Å²) in [5, 5.41) is 62.9. The van der Waals surface area contributed by atoms with Gasteiger partial charge in [0.2, 0.25) is 5.91 Å². The molecule has 2 fully saturated rings. The first kappa shape index (κ1) is 39.6. The van der Waals surface area contributed by atoms with E-state index in [-0.39, 0.29) is 31.4 Å². The van der Waals surface area contributed by atoms with Crippen LogP contribution in [0.4, 0.5) is 4.79 Å². The van der Waals surface area contributed by atoms with E-state index in [0.29, 0.717) is 12.3 Å². The molecule has 9 atom stereocenters. The monoisotopic (exact) mass is 648 g/mol. The van der Waals surface area contributed by atoms with Gasteiger partial charge in [-0.15, -0.1) is 0 Å². The summed E-state index contributed by atoms with van der Waals surface area (Å²) in [5.41, 5.74) is -0.467. The molecule has 2 amide bonds. The van der Waals surface area contributed by atoms with Crippen molar-refractivity contribution in [2.24, 2.45) is 5.92 Å². The summed E-state index contributed by atoms with van der Waals surface area (Å²) in [4.78, 5) is 26.7. The van der Waals surface area contributed by atoms with Crippen LogP contribution in [0.5, 0.6) is 0 Å². The Morgan fingerprint density at radius 2 is 1.58 bits per heavy atom. The van der Waals surface area contributed by atoms with Crippen molar-refractivity contribution >= 4 is 12.0 Å². The van der Waals surface area contributed by atoms with Gasteiger partial charge >= 0.3 is 6.09 Å². The zero-order valence-corrected chi connectivity index (χ0v) is 27.7. The number of hydrogen-bond acceptors (Lipinski definition) is 11. The fourth-order valence-electron chi connectivity index (χ4n) is 5.76. The maximum Gasteiger partial charge on any atom is 0.410 e. The molecule has 13 heteroatoms. The maximum absolute atomic E-state index is 12.6. The molecular weight excluding hydrogens is 588 g/mol. The zero-order valence-electron chi connectivity index (χ0n) is 27.7. The van der Waals surface area contributed by atoms with Crippen LogP contribution in [0.2, 0.25) is 0 Å². The molecule has 2 heterocycles. The van der Waals surface area contributed by atoms with Gasteiger partial charge in [-0.25, -0.2) is 4.79 Å². The molecule has 0 aromatic carbocycles. The highest BCUT2D eigenvalue weighted by Gasteiger charge is 2.44. The molecule has 0 aromatic heterocycles. The molecule has 0 aromatic rings. The highest BCUT2D eigenvalue weighted by Crippen LogP contribution is 2.25. The number of likely N-dealkylation sites (tertiary alicyclic amines) is 1. The van der Waals surface area contributed by atoms with Gasteiger partial charge in [-0.2, -0.15) is 0 Å². The lowest BCUT2D eigenvalue weighted by atomic mass is 9.99. The maximum atomic E-state index is 12.6. The highest BCUT2D eigenvalue weighted by atomic mass is 16.7. The fraction of sp³-hybridized carbons (Fsp3) is 0.938. The molecule has 45 heavy (non-hydrogen) atoms. The molecule has 2 aliphatic rings. The van der Waals surface area contributed by atoms with Gasteiger partial charge < -0.3 is 55.1 Å². The van der Waals surface area contributed by atoms with Gasteiger partial charge in [0.1, 0.15) is 36.1 Å². The number of carbonyl (C=O) groups excluding carboxylic acids is 2. The molecule has 264 valence electrons. The third-order valence-corrected chi connectivity index (χ3v) is 8.56. The van der Waals surface area contributed by atoms with Crippen LogP contribution in [0.1, 0.15) is 105 Å². The molecule has 2 aliphatic heterocycles. The van der Waals surface area contributed by atoms with Crippen LogP contribution < -0.4 is 5.32 Å². The Labute approximate surface area is 268 Å². The Bertz CT molecular complexity index is 855. The van der Waals surface area contributed by atoms with Crippen molar-refractivity contribution in [2.75, 3.05) is 26.3 Å². The third-order valence-electron chi connectivity index (χ3n) is 8.56. The number of rotatable bonds is 19. The minimum Gasteiger partial charge on any atom is -0.444 e. The van der Waals surface area contributed by atoms with Crippen LogP contribution >= 0.6 is 0 Å². The summed E-state index contributed by atoms with van der Waals surface area (Å²) in [7, 11) is 0. The Morgan fingerprint density at radius 1 is 0.956 bits per heavy atom. The van der Waals surface area contributed by atoms with Crippen LogP contribution in [0.15, 0.2) is 0 Å². The molecule has 0 saturated carbocycles.